The second-order valence-electron chi connectivity index (χ2n) is 6.31. The van der Waals surface area contributed by atoms with E-state index in [1.54, 1.807) is 12.1 Å². The fraction of sp³-hybridized carbons (Fsp3) is 0.316. The Hall–Kier alpha value is -2.38. The summed E-state index contributed by atoms with van der Waals surface area (Å²) < 4.78 is 33.6. The van der Waals surface area contributed by atoms with Crippen LogP contribution in [0.5, 0.6) is 5.75 Å². The summed E-state index contributed by atoms with van der Waals surface area (Å²) in [5, 5.41) is 8.96. The van der Waals surface area contributed by atoms with Crippen molar-refractivity contribution in [3.05, 3.63) is 59.7 Å². The first-order chi connectivity index (χ1) is 12.4. The first-order valence-electron chi connectivity index (χ1n) is 8.48. The lowest BCUT2D eigenvalue weighted by molar-refractivity contribution is -0.137. The summed E-state index contributed by atoms with van der Waals surface area (Å²) in [5.41, 5.74) is 1.82. The summed E-state index contributed by atoms with van der Waals surface area (Å²) in [6, 6.07) is 13.7. The van der Waals surface area contributed by atoms with Crippen molar-refractivity contribution in [1.82, 2.24) is 4.72 Å². The van der Waals surface area contributed by atoms with Crippen LogP contribution in [0.1, 0.15) is 24.0 Å². The normalized spacial score (nSPS) is 14.5. The fourth-order valence-electron chi connectivity index (χ4n) is 3.02. The lowest BCUT2D eigenvalue weighted by Gasteiger charge is -2.18. The van der Waals surface area contributed by atoms with Crippen LogP contribution < -0.4 is 9.46 Å². The highest BCUT2D eigenvalue weighted by atomic mass is 32.2. The predicted molar refractivity (Wildman–Crippen MR) is 96.8 cm³/mol. The predicted octanol–water partition coefficient (Wildman–Crippen LogP) is 2.38. The number of carboxylic acids is 1. The minimum atomic E-state index is -3.75. The molecule has 1 aliphatic heterocycles. The molecule has 0 amide bonds. The minimum absolute atomic E-state index is 0.0992. The zero-order valence-corrected chi connectivity index (χ0v) is 15.0. The molecule has 0 bridgehead atoms. The Morgan fingerprint density at radius 1 is 1.19 bits per heavy atom. The van der Waals surface area contributed by atoms with E-state index < -0.39 is 22.0 Å². The number of benzene rings is 2. The van der Waals surface area contributed by atoms with Gasteiger partial charge < -0.3 is 9.84 Å². The number of rotatable bonds is 8. The van der Waals surface area contributed by atoms with E-state index in [1.165, 1.54) is 6.07 Å². The number of carboxylic acid groups (broad SMARTS) is 1. The Kier molecular flexibility index (Phi) is 5.58. The molecule has 1 heterocycles. The van der Waals surface area contributed by atoms with Crippen LogP contribution in [0.25, 0.3) is 0 Å². The molecule has 2 aromatic carbocycles. The zero-order valence-electron chi connectivity index (χ0n) is 14.2. The Morgan fingerprint density at radius 3 is 2.69 bits per heavy atom. The third-order valence-corrected chi connectivity index (χ3v) is 5.84. The van der Waals surface area contributed by atoms with Crippen LogP contribution in [0.3, 0.4) is 0 Å². The van der Waals surface area contributed by atoms with E-state index in [0.29, 0.717) is 19.4 Å². The number of nitrogens with one attached hydrogen (secondary N) is 1. The van der Waals surface area contributed by atoms with E-state index in [9.17, 15) is 13.2 Å². The Morgan fingerprint density at radius 2 is 1.96 bits per heavy atom. The number of carbonyl (C=O) groups is 1. The van der Waals surface area contributed by atoms with E-state index >= 15 is 0 Å². The van der Waals surface area contributed by atoms with Crippen LogP contribution >= 0.6 is 0 Å². The summed E-state index contributed by atoms with van der Waals surface area (Å²) in [6.45, 7) is 0.557. The van der Waals surface area contributed by atoms with E-state index in [1.807, 2.05) is 30.3 Å². The lowest BCUT2D eigenvalue weighted by atomic mass is 10.0. The average molecular weight is 375 g/mol. The number of hydrogen-bond acceptors (Lipinski definition) is 4. The molecule has 2 N–H and O–H groups in total. The minimum Gasteiger partial charge on any atom is -0.493 e. The Bertz CT molecular complexity index is 880. The molecule has 0 fully saturated rings. The average Bonchev–Trinajstić information content (AvgIpc) is 3.08. The molecule has 7 heteroatoms. The highest BCUT2D eigenvalue weighted by molar-refractivity contribution is 7.89. The topological polar surface area (TPSA) is 92.7 Å². The molecule has 26 heavy (non-hydrogen) atoms. The molecule has 0 radical (unpaired) electrons. The van der Waals surface area contributed by atoms with Gasteiger partial charge in [0.1, 0.15) is 5.75 Å². The van der Waals surface area contributed by atoms with Gasteiger partial charge in [0.25, 0.3) is 0 Å². The van der Waals surface area contributed by atoms with Gasteiger partial charge in [0.15, 0.2) is 0 Å². The van der Waals surface area contributed by atoms with Gasteiger partial charge in [0.2, 0.25) is 10.0 Å². The van der Waals surface area contributed by atoms with Crippen LogP contribution in [-0.4, -0.2) is 32.1 Å². The highest BCUT2D eigenvalue weighted by Crippen LogP contribution is 2.27. The summed E-state index contributed by atoms with van der Waals surface area (Å²) in [7, 11) is -3.75. The van der Waals surface area contributed by atoms with Crippen LogP contribution in [-0.2, 0) is 27.7 Å². The third kappa shape index (κ3) is 4.62. The van der Waals surface area contributed by atoms with Crippen molar-refractivity contribution in [2.75, 3.05) is 6.61 Å². The summed E-state index contributed by atoms with van der Waals surface area (Å²) in [4.78, 5) is 11.1. The molecule has 138 valence electrons. The van der Waals surface area contributed by atoms with Gasteiger partial charge in [-0.25, -0.2) is 13.1 Å². The lowest BCUT2D eigenvalue weighted by Crippen LogP contribution is -2.37. The maximum atomic E-state index is 12.8. The first-order valence-corrected chi connectivity index (χ1v) is 9.96. The molecule has 1 unspecified atom stereocenters. The second-order valence-corrected chi connectivity index (χ2v) is 8.02. The van der Waals surface area contributed by atoms with Crippen molar-refractivity contribution in [2.24, 2.45) is 0 Å². The fourth-order valence-corrected chi connectivity index (χ4v) is 4.34. The summed E-state index contributed by atoms with van der Waals surface area (Å²) >= 11 is 0. The van der Waals surface area contributed by atoms with Crippen molar-refractivity contribution >= 4 is 16.0 Å². The molecule has 0 saturated heterocycles. The molecule has 0 saturated carbocycles. The van der Waals surface area contributed by atoms with Gasteiger partial charge in [-0.2, -0.15) is 0 Å². The van der Waals surface area contributed by atoms with Crippen molar-refractivity contribution in [3.8, 4) is 5.75 Å². The molecular formula is C19H21NO5S. The van der Waals surface area contributed by atoms with Gasteiger partial charge in [-0.3, -0.25) is 4.79 Å². The van der Waals surface area contributed by atoms with Crippen molar-refractivity contribution in [3.63, 3.8) is 0 Å². The molecular weight excluding hydrogens is 354 g/mol. The molecule has 3 rings (SSSR count). The highest BCUT2D eigenvalue weighted by Gasteiger charge is 2.23. The van der Waals surface area contributed by atoms with Crippen LogP contribution in [0.15, 0.2) is 53.4 Å². The number of aliphatic carboxylic acids is 1. The van der Waals surface area contributed by atoms with Gasteiger partial charge in [0.05, 0.1) is 11.5 Å². The van der Waals surface area contributed by atoms with Crippen LogP contribution in [0.4, 0.5) is 0 Å². The van der Waals surface area contributed by atoms with E-state index in [0.717, 1.165) is 16.9 Å². The van der Waals surface area contributed by atoms with E-state index in [4.69, 9.17) is 9.84 Å². The van der Waals surface area contributed by atoms with Gasteiger partial charge in [-0.1, -0.05) is 30.3 Å². The summed E-state index contributed by atoms with van der Waals surface area (Å²) in [5.74, 6) is -0.229. The number of hydrogen-bond donors (Lipinski definition) is 2. The Labute approximate surface area is 152 Å². The Balaban J connectivity index is 1.78. The molecule has 1 atom stereocenters. The number of ether oxygens (including phenoxy) is 1. The van der Waals surface area contributed by atoms with E-state index in [2.05, 4.69) is 4.72 Å². The second kappa shape index (κ2) is 7.88. The standard InChI is InChI=1S/C19H21NO5S/c21-19(22)9-6-16(12-14-4-2-1-3-5-14)20-26(23,24)17-7-8-18-15(13-17)10-11-25-18/h1-5,7-8,13,16,20H,6,9-12H2,(H,21,22). The van der Waals surface area contributed by atoms with Gasteiger partial charge in [0, 0.05) is 18.9 Å². The smallest absolute Gasteiger partial charge is 0.303 e. The molecule has 6 nitrogen and oxygen atoms in total. The van der Waals surface area contributed by atoms with Crippen molar-refractivity contribution in [2.45, 2.75) is 36.6 Å². The maximum Gasteiger partial charge on any atom is 0.303 e. The van der Waals surface area contributed by atoms with Crippen LogP contribution in [0.2, 0.25) is 0 Å². The molecule has 1 aliphatic rings. The summed E-state index contributed by atoms with van der Waals surface area (Å²) in [6.07, 6.45) is 1.24. The third-order valence-electron chi connectivity index (χ3n) is 4.32. The maximum absolute atomic E-state index is 12.8. The molecule has 0 spiro atoms. The number of sulfonamides is 1. The zero-order chi connectivity index (χ0) is 18.6. The van der Waals surface area contributed by atoms with Gasteiger partial charge in [-0.15, -0.1) is 0 Å². The quantitative estimate of drug-likeness (QED) is 0.739. The largest absolute Gasteiger partial charge is 0.493 e. The molecule has 0 aliphatic carbocycles. The van der Waals surface area contributed by atoms with E-state index in [-0.39, 0.29) is 17.7 Å². The van der Waals surface area contributed by atoms with Crippen LogP contribution in [0, 0.1) is 0 Å². The first kappa shape index (κ1) is 18.4. The van der Waals surface area contributed by atoms with Gasteiger partial charge >= 0.3 is 5.97 Å². The van der Waals surface area contributed by atoms with Gasteiger partial charge in [-0.05, 0) is 42.2 Å². The SMILES string of the molecule is O=C(O)CCC(Cc1ccccc1)NS(=O)(=O)c1ccc2c(c1)CCO2. The number of fused-ring (bicyclic) bond motifs is 1. The van der Waals surface area contributed by atoms with Crippen molar-refractivity contribution in [1.29, 1.82) is 0 Å². The monoisotopic (exact) mass is 375 g/mol. The molecule has 2 aromatic rings. The van der Waals surface area contributed by atoms with Crippen molar-refractivity contribution < 1.29 is 23.1 Å². The molecule has 0 aromatic heterocycles.